The SMILES string of the molecule is Cc1cc(C(NN)c2cc(Br)ccc2F)c(F)cc1F. The largest absolute Gasteiger partial charge is 0.271 e. The van der Waals surface area contributed by atoms with Gasteiger partial charge in [-0.15, -0.1) is 0 Å². The summed E-state index contributed by atoms with van der Waals surface area (Å²) in [5, 5.41) is 0. The fourth-order valence-electron chi connectivity index (χ4n) is 1.98. The quantitative estimate of drug-likeness (QED) is 0.657. The summed E-state index contributed by atoms with van der Waals surface area (Å²) >= 11 is 3.22. The van der Waals surface area contributed by atoms with Gasteiger partial charge < -0.3 is 0 Å². The van der Waals surface area contributed by atoms with Gasteiger partial charge in [0.1, 0.15) is 17.5 Å². The van der Waals surface area contributed by atoms with E-state index >= 15 is 0 Å². The third-order valence-electron chi connectivity index (χ3n) is 3.02. The second-order valence-corrected chi connectivity index (χ2v) is 5.30. The van der Waals surface area contributed by atoms with Crippen LogP contribution in [0.4, 0.5) is 13.2 Å². The Morgan fingerprint density at radius 2 is 1.65 bits per heavy atom. The fraction of sp³-hybridized carbons (Fsp3) is 0.143. The van der Waals surface area contributed by atoms with Crippen molar-refractivity contribution in [2.45, 2.75) is 13.0 Å². The first kappa shape index (κ1) is 15.0. The van der Waals surface area contributed by atoms with E-state index in [2.05, 4.69) is 21.4 Å². The number of nitrogens with two attached hydrogens (primary N) is 1. The molecule has 0 heterocycles. The molecule has 0 bridgehead atoms. The van der Waals surface area contributed by atoms with Gasteiger partial charge in [0, 0.05) is 21.7 Å². The van der Waals surface area contributed by atoms with Crippen LogP contribution in [-0.4, -0.2) is 0 Å². The summed E-state index contributed by atoms with van der Waals surface area (Å²) in [4.78, 5) is 0. The monoisotopic (exact) mass is 344 g/mol. The number of aryl methyl sites for hydroxylation is 1. The highest BCUT2D eigenvalue weighted by Gasteiger charge is 2.21. The van der Waals surface area contributed by atoms with Crippen LogP contribution in [0.2, 0.25) is 0 Å². The Kier molecular flexibility index (Phi) is 4.47. The van der Waals surface area contributed by atoms with Crippen molar-refractivity contribution < 1.29 is 13.2 Å². The van der Waals surface area contributed by atoms with E-state index in [-0.39, 0.29) is 16.7 Å². The summed E-state index contributed by atoms with van der Waals surface area (Å²) in [5.41, 5.74) is 2.89. The highest BCUT2D eigenvalue weighted by atomic mass is 79.9. The smallest absolute Gasteiger partial charge is 0.131 e. The summed E-state index contributed by atoms with van der Waals surface area (Å²) in [6, 6.07) is 5.45. The highest BCUT2D eigenvalue weighted by molar-refractivity contribution is 9.10. The van der Waals surface area contributed by atoms with Gasteiger partial charge in [0.2, 0.25) is 0 Å². The normalized spacial score (nSPS) is 12.5. The van der Waals surface area contributed by atoms with Crippen LogP contribution in [0, 0.1) is 24.4 Å². The maximum absolute atomic E-state index is 13.9. The van der Waals surface area contributed by atoms with Crippen LogP contribution in [-0.2, 0) is 0 Å². The van der Waals surface area contributed by atoms with Crippen molar-refractivity contribution in [1.82, 2.24) is 5.43 Å². The zero-order valence-electron chi connectivity index (χ0n) is 10.6. The van der Waals surface area contributed by atoms with E-state index in [0.717, 1.165) is 6.07 Å². The van der Waals surface area contributed by atoms with Crippen LogP contribution in [0.3, 0.4) is 0 Å². The molecule has 0 saturated carbocycles. The summed E-state index contributed by atoms with van der Waals surface area (Å²) in [7, 11) is 0. The van der Waals surface area contributed by atoms with E-state index in [1.165, 1.54) is 31.2 Å². The number of hydrazine groups is 1. The minimum Gasteiger partial charge on any atom is -0.271 e. The number of benzene rings is 2. The minimum atomic E-state index is -0.910. The van der Waals surface area contributed by atoms with Gasteiger partial charge >= 0.3 is 0 Å². The molecule has 0 aliphatic heterocycles. The van der Waals surface area contributed by atoms with E-state index in [4.69, 9.17) is 5.84 Å². The molecule has 2 rings (SSSR count). The predicted octanol–water partition coefficient (Wildman–Crippen LogP) is 3.73. The number of hydrogen-bond donors (Lipinski definition) is 2. The van der Waals surface area contributed by atoms with Gasteiger partial charge in [0.05, 0.1) is 6.04 Å². The van der Waals surface area contributed by atoms with Crippen molar-refractivity contribution in [1.29, 1.82) is 0 Å². The number of halogens is 4. The van der Waals surface area contributed by atoms with Gasteiger partial charge in [-0.3, -0.25) is 5.84 Å². The number of rotatable bonds is 3. The number of hydrogen-bond acceptors (Lipinski definition) is 2. The lowest BCUT2D eigenvalue weighted by Crippen LogP contribution is -2.30. The maximum Gasteiger partial charge on any atom is 0.131 e. The van der Waals surface area contributed by atoms with E-state index in [1.807, 2.05) is 0 Å². The molecule has 20 heavy (non-hydrogen) atoms. The van der Waals surface area contributed by atoms with Crippen molar-refractivity contribution in [2.24, 2.45) is 5.84 Å². The van der Waals surface area contributed by atoms with E-state index in [0.29, 0.717) is 4.47 Å². The van der Waals surface area contributed by atoms with Crippen molar-refractivity contribution >= 4 is 15.9 Å². The summed E-state index contributed by atoms with van der Waals surface area (Å²) < 4.78 is 41.7. The van der Waals surface area contributed by atoms with Gasteiger partial charge in [-0.05, 0) is 36.8 Å². The first-order valence-corrected chi connectivity index (χ1v) is 6.60. The fourth-order valence-corrected chi connectivity index (χ4v) is 2.36. The Labute approximate surface area is 122 Å². The second-order valence-electron chi connectivity index (χ2n) is 4.39. The molecule has 2 aromatic carbocycles. The maximum atomic E-state index is 13.9. The summed E-state index contributed by atoms with van der Waals surface area (Å²) in [6.45, 7) is 1.50. The lowest BCUT2D eigenvalue weighted by atomic mass is 9.96. The Morgan fingerprint density at radius 1 is 1.00 bits per heavy atom. The molecule has 2 nitrogen and oxygen atoms in total. The Balaban J connectivity index is 2.58. The second kappa shape index (κ2) is 5.95. The molecule has 6 heteroatoms. The first-order chi connectivity index (χ1) is 9.43. The molecular formula is C14H12BrF3N2. The lowest BCUT2D eigenvalue weighted by molar-refractivity contribution is 0.520. The van der Waals surface area contributed by atoms with E-state index in [1.54, 1.807) is 0 Å². The molecular weight excluding hydrogens is 333 g/mol. The summed E-state index contributed by atoms with van der Waals surface area (Å²) in [6.07, 6.45) is 0. The van der Waals surface area contributed by atoms with Gasteiger partial charge in [-0.25, -0.2) is 18.6 Å². The standard InChI is InChI=1S/C14H12BrF3N2/c1-7-4-9(13(18)6-12(7)17)14(20-19)10-5-8(15)2-3-11(10)16/h2-6,14,20H,19H2,1H3. The van der Waals surface area contributed by atoms with Crippen LogP contribution in [0.25, 0.3) is 0 Å². The van der Waals surface area contributed by atoms with Crippen molar-refractivity contribution in [3.05, 3.63) is 68.9 Å². The molecule has 106 valence electrons. The lowest BCUT2D eigenvalue weighted by Gasteiger charge is -2.19. The van der Waals surface area contributed by atoms with Crippen molar-refractivity contribution in [2.75, 3.05) is 0 Å². The first-order valence-electron chi connectivity index (χ1n) is 5.80. The molecule has 0 fully saturated rings. The topological polar surface area (TPSA) is 38.0 Å². The molecule has 0 spiro atoms. The van der Waals surface area contributed by atoms with Crippen LogP contribution in [0.1, 0.15) is 22.7 Å². The molecule has 2 aromatic rings. The Hall–Kier alpha value is -1.37. The molecule has 0 aromatic heterocycles. The molecule has 1 unspecified atom stereocenters. The average Bonchev–Trinajstić information content (AvgIpc) is 2.40. The zero-order valence-corrected chi connectivity index (χ0v) is 12.1. The van der Waals surface area contributed by atoms with Gasteiger partial charge in [-0.1, -0.05) is 15.9 Å². The zero-order chi connectivity index (χ0) is 14.9. The molecule has 0 saturated heterocycles. The molecule has 0 aliphatic carbocycles. The average molecular weight is 345 g/mol. The predicted molar refractivity (Wildman–Crippen MR) is 74.4 cm³/mol. The molecule has 3 N–H and O–H groups in total. The Bertz CT molecular complexity index is 647. The Morgan fingerprint density at radius 3 is 2.30 bits per heavy atom. The van der Waals surface area contributed by atoms with E-state index < -0.39 is 23.5 Å². The van der Waals surface area contributed by atoms with Crippen molar-refractivity contribution in [3.8, 4) is 0 Å². The summed E-state index contributed by atoms with van der Waals surface area (Å²) in [5.74, 6) is 3.45. The van der Waals surface area contributed by atoms with Crippen LogP contribution >= 0.6 is 15.9 Å². The van der Waals surface area contributed by atoms with Crippen molar-refractivity contribution in [3.63, 3.8) is 0 Å². The third kappa shape index (κ3) is 2.87. The molecule has 0 aliphatic rings. The third-order valence-corrected chi connectivity index (χ3v) is 3.52. The van der Waals surface area contributed by atoms with Gasteiger partial charge in [0.25, 0.3) is 0 Å². The van der Waals surface area contributed by atoms with Gasteiger partial charge in [0.15, 0.2) is 0 Å². The minimum absolute atomic E-state index is 0.0865. The molecule has 0 radical (unpaired) electrons. The van der Waals surface area contributed by atoms with Gasteiger partial charge in [-0.2, -0.15) is 0 Å². The molecule has 1 atom stereocenters. The molecule has 0 amide bonds. The van der Waals surface area contributed by atoms with Crippen LogP contribution in [0.15, 0.2) is 34.8 Å². The van der Waals surface area contributed by atoms with Crippen LogP contribution < -0.4 is 11.3 Å². The number of nitrogens with one attached hydrogen (secondary N) is 1. The van der Waals surface area contributed by atoms with Crippen LogP contribution in [0.5, 0.6) is 0 Å². The van der Waals surface area contributed by atoms with E-state index in [9.17, 15) is 13.2 Å². The highest BCUT2D eigenvalue weighted by Crippen LogP contribution is 2.29.